The fourth-order valence-corrected chi connectivity index (χ4v) is 2.71. The van der Waals surface area contributed by atoms with Gasteiger partial charge in [-0.1, -0.05) is 25.7 Å². The number of carbonyl (C=O) groups is 1. The number of pyridine rings is 1. The van der Waals surface area contributed by atoms with E-state index in [0.717, 1.165) is 12.8 Å². The lowest BCUT2D eigenvalue weighted by atomic mass is 9.97. The lowest BCUT2D eigenvalue weighted by Gasteiger charge is -2.19. The van der Waals surface area contributed by atoms with E-state index in [1.54, 1.807) is 18.3 Å². The first-order chi connectivity index (χ1) is 10.1. The second-order valence-corrected chi connectivity index (χ2v) is 5.67. The number of nitrogens with zero attached hydrogens (tertiary/aromatic N) is 1. The molecule has 1 aliphatic rings. The Morgan fingerprint density at radius 2 is 2.29 bits per heavy atom. The van der Waals surface area contributed by atoms with Crippen molar-refractivity contribution >= 4 is 5.91 Å². The summed E-state index contributed by atoms with van der Waals surface area (Å²) in [7, 11) is 0. The number of aliphatic hydroxyl groups excluding tert-OH is 1. The summed E-state index contributed by atoms with van der Waals surface area (Å²) in [6, 6.07) is 3.76. The molecule has 112 valence electrons. The third kappa shape index (κ3) is 3.83. The van der Waals surface area contributed by atoms with Gasteiger partial charge in [0.05, 0.1) is 12.2 Å². The average molecular weight is 286 g/mol. The summed E-state index contributed by atoms with van der Waals surface area (Å²) in [6.45, 7) is 4.43. The summed E-state index contributed by atoms with van der Waals surface area (Å²) >= 11 is 0. The fourth-order valence-electron chi connectivity index (χ4n) is 2.71. The number of rotatable bonds is 3. The van der Waals surface area contributed by atoms with Crippen molar-refractivity contribution in [2.45, 2.75) is 39.2 Å². The third-order valence-corrected chi connectivity index (χ3v) is 4.26. The van der Waals surface area contributed by atoms with Gasteiger partial charge in [-0.2, -0.15) is 0 Å². The van der Waals surface area contributed by atoms with Crippen molar-refractivity contribution in [1.29, 1.82) is 0 Å². The molecule has 4 heteroatoms. The average Bonchev–Trinajstić information content (AvgIpc) is 2.80. The Kier molecular flexibility index (Phi) is 5.35. The molecule has 1 aromatic heterocycles. The molecule has 4 nitrogen and oxygen atoms in total. The van der Waals surface area contributed by atoms with Crippen LogP contribution >= 0.6 is 0 Å². The molecule has 1 aromatic rings. The van der Waals surface area contributed by atoms with Crippen molar-refractivity contribution in [2.75, 3.05) is 6.61 Å². The molecule has 0 aliphatic heterocycles. The summed E-state index contributed by atoms with van der Waals surface area (Å²) < 4.78 is 0. The Morgan fingerprint density at radius 1 is 1.48 bits per heavy atom. The minimum atomic E-state index is -0.158. The van der Waals surface area contributed by atoms with Crippen LogP contribution in [-0.4, -0.2) is 28.6 Å². The van der Waals surface area contributed by atoms with E-state index in [0.29, 0.717) is 29.5 Å². The molecule has 1 saturated carbocycles. The van der Waals surface area contributed by atoms with Crippen LogP contribution in [0.4, 0.5) is 0 Å². The van der Waals surface area contributed by atoms with Crippen LogP contribution in [0.5, 0.6) is 0 Å². The Hall–Kier alpha value is -1.86. The zero-order valence-corrected chi connectivity index (χ0v) is 12.6. The first kappa shape index (κ1) is 15.5. The molecular formula is C17H22N2O2. The van der Waals surface area contributed by atoms with Gasteiger partial charge >= 0.3 is 0 Å². The van der Waals surface area contributed by atoms with E-state index in [1.165, 1.54) is 0 Å². The number of aliphatic hydroxyl groups is 1. The molecular weight excluding hydrogens is 264 g/mol. The highest BCUT2D eigenvalue weighted by molar-refractivity contribution is 5.94. The third-order valence-electron chi connectivity index (χ3n) is 4.26. The van der Waals surface area contributed by atoms with Crippen LogP contribution in [0.1, 0.15) is 49.2 Å². The van der Waals surface area contributed by atoms with Gasteiger partial charge in [-0.15, -0.1) is 0 Å². The van der Waals surface area contributed by atoms with Crippen LogP contribution in [0.15, 0.2) is 18.3 Å². The Balaban J connectivity index is 2.11. The van der Waals surface area contributed by atoms with Crippen molar-refractivity contribution in [2.24, 2.45) is 11.8 Å². The minimum absolute atomic E-state index is 0.0201. The number of nitrogens with one attached hydrogen (secondary N) is 1. The van der Waals surface area contributed by atoms with Gasteiger partial charge in [0.2, 0.25) is 0 Å². The van der Waals surface area contributed by atoms with Gasteiger partial charge in [0.25, 0.3) is 5.91 Å². The van der Waals surface area contributed by atoms with E-state index in [4.69, 9.17) is 5.11 Å². The molecule has 0 radical (unpaired) electrons. The smallest absolute Gasteiger partial charge is 0.271 e. The lowest BCUT2D eigenvalue weighted by Crippen LogP contribution is -2.38. The van der Waals surface area contributed by atoms with Gasteiger partial charge in [0.1, 0.15) is 5.69 Å². The van der Waals surface area contributed by atoms with Crippen LogP contribution in [0, 0.1) is 23.7 Å². The first-order valence-electron chi connectivity index (χ1n) is 7.49. The van der Waals surface area contributed by atoms with Crippen molar-refractivity contribution in [3.63, 3.8) is 0 Å². The van der Waals surface area contributed by atoms with Crippen molar-refractivity contribution in [3.8, 4) is 11.8 Å². The van der Waals surface area contributed by atoms with E-state index in [2.05, 4.69) is 36.0 Å². The molecule has 3 unspecified atom stereocenters. The van der Waals surface area contributed by atoms with Crippen molar-refractivity contribution in [1.82, 2.24) is 10.3 Å². The lowest BCUT2D eigenvalue weighted by molar-refractivity contribution is 0.0922. The van der Waals surface area contributed by atoms with Crippen LogP contribution in [-0.2, 0) is 0 Å². The van der Waals surface area contributed by atoms with Gasteiger partial charge in [0, 0.05) is 18.7 Å². The highest BCUT2D eigenvalue weighted by Crippen LogP contribution is 2.31. The minimum Gasteiger partial charge on any atom is -0.395 e. The number of hydrogen-bond acceptors (Lipinski definition) is 3. The van der Waals surface area contributed by atoms with E-state index >= 15 is 0 Å². The molecule has 0 spiro atoms. The number of aromatic nitrogens is 1. The topological polar surface area (TPSA) is 62.2 Å². The summed E-state index contributed by atoms with van der Waals surface area (Å²) in [5.74, 6) is 6.71. The molecule has 1 amide bonds. The summed E-state index contributed by atoms with van der Waals surface area (Å²) in [5, 5.41) is 11.9. The predicted octanol–water partition coefficient (Wildman–Crippen LogP) is 1.98. The number of amides is 1. The summed E-state index contributed by atoms with van der Waals surface area (Å²) in [5.41, 5.74) is 0.983. The van der Waals surface area contributed by atoms with E-state index in [9.17, 15) is 4.79 Å². The van der Waals surface area contributed by atoms with Crippen LogP contribution in [0.25, 0.3) is 0 Å². The molecule has 3 atom stereocenters. The monoisotopic (exact) mass is 286 g/mol. The quantitative estimate of drug-likeness (QED) is 0.835. The van der Waals surface area contributed by atoms with E-state index in [1.807, 2.05) is 0 Å². The predicted molar refractivity (Wildman–Crippen MR) is 81.6 cm³/mol. The van der Waals surface area contributed by atoms with E-state index < -0.39 is 0 Å². The van der Waals surface area contributed by atoms with Gasteiger partial charge in [-0.3, -0.25) is 4.79 Å². The highest BCUT2D eigenvalue weighted by Gasteiger charge is 2.31. The normalized spacial score (nSPS) is 24.2. The Bertz CT molecular complexity index is 559. The first-order valence-corrected chi connectivity index (χ1v) is 7.49. The maximum Gasteiger partial charge on any atom is 0.271 e. The van der Waals surface area contributed by atoms with Gasteiger partial charge in [-0.25, -0.2) is 4.98 Å². The van der Waals surface area contributed by atoms with Crippen LogP contribution < -0.4 is 5.32 Å². The molecule has 1 fully saturated rings. The molecule has 21 heavy (non-hydrogen) atoms. The fraction of sp³-hybridized carbons (Fsp3) is 0.529. The van der Waals surface area contributed by atoms with E-state index in [-0.39, 0.29) is 18.6 Å². The number of carbonyl (C=O) groups excluding carboxylic acids is 1. The maximum atomic E-state index is 12.4. The van der Waals surface area contributed by atoms with Crippen LogP contribution in [0.2, 0.25) is 0 Å². The second kappa shape index (κ2) is 7.24. The molecule has 1 aliphatic carbocycles. The summed E-state index contributed by atoms with van der Waals surface area (Å²) in [6.07, 6.45) is 4.17. The summed E-state index contributed by atoms with van der Waals surface area (Å²) in [4.78, 5) is 16.6. The standard InChI is InChI=1S/C17H22N2O2/c1-12-8-9-15(13(12)2)19-17(21)16-14(6-3-4-11-20)7-5-10-18-16/h5,7,10,12-13,15,20H,4,8-9,11H2,1-2H3,(H,19,21). The zero-order chi connectivity index (χ0) is 15.2. The molecule has 0 aromatic carbocycles. The molecule has 2 N–H and O–H groups in total. The highest BCUT2D eigenvalue weighted by atomic mass is 16.2. The maximum absolute atomic E-state index is 12.4. The molecule has 2 rings (SSSR count). The van der Waals surface area contributed by atoms with Crippen molar-refractivity contribution in [3.05, 3.63) is 29.6 Å². The van der Waals surface area contributed by atoms with Crippen molar-refractivity contribution < 1.29 is 9.90 Å². The molecule has 0 bridgehead atoms. The van der Waals surface area contributed by atoms with Gasteiger partial charge < -0.3 is 10.4 Å². The van der Waals surface area contributed by atoms with Gasteiger partial charge in [-0.05, 0) is 36.8 Å². The largest absolute Gasteiger partial charge is 0.395 e. The Labute approximate surface area is 126 Å². The second-order valence-electron chi connectivity index (χ2n) is 5.67. The Morgan fingerprint density at radius 3 is 2.95 bits per heavy atom. The molecule has 0 saturated heterocycles. The zero-order valence-electron chi connectivity index (χ0n) is 12.6. The SMILES string of the molecule is CC1CCC(NC(=O)c2ncccc2C#CCCO)C1C. The van der Waals surface area contributed by atoms with Gasteiger partial charge in [0.15, 0.2) is 0 Å². The molecule has 1 heterocycles. The van der Waals surface area contributed by atoms with Crippen LogP contribution in [0.3, 0.4) is 0 Å². The number of hydrogen-bond donors (Lipinski definition) is 2.